The summed E-state index contributed by atoms with van der Waals surface area (Å²) >= 11 is 0. The number of ether oxygens (including phenoxy) is 2. The second-order valence-electron chi connectivity index (χ2n) is 9.02. The van der Waals surface area contributed by atoms with Crippen LogP contribution in [0.4, 0.5) is 0 Å². The number of benzene rings is 1. The van der Waals surface area contributed by atoms with Crippen LogP contribution >= 0.6 is 0 Å². The molecule has 0 radical (unpaired) electrons. The summed E-state index contributed by atoms with van der Waals surface area (Å²) in [5.74, 6) is 3.68. The Morgan fingerprint density at radius 3 is 2.91 bits per heavy atom. The quantitative estimate of drug-likeness (QED) is 0.643. The fourth-order valence-electron chi connectivity index (χ4n) is 5.37. The maximum atomic E-state index is 12.7. The van der Waals surface area contributed by atoms with E-state index in [1.54, 1.807) is 24.5 Å². The lowest BCUT2D eigenvalue weighted by molar-refractivity contribution is 0.0290. The second-order valence-corrected chi connectivity index (χ2v) is 9.02. The molecule has 170 valence electrons. The highest BCUT2D eigenvalue weighted by Gasteiger charge is 2.41. The largest absolute Gasteiger partial charge is 0.463 e. The van der Waals surface area contributed by atoms with Crippen molar-refractivity contribution in [1.29, 1.82) is 0 Å². The molecular formula is C25H26N4O4. The monoisotopic (exact) mass is 446 g/mol. The Bertz CT molecular complexity index is 1180. The van der Waals surface area contributed by atoms with Gasteiger partial charge in [0.05, 0.1) is 6.26 Å². The van der Waals surface area contributed by atoms with Crippen molar-refractivity contribution in [3.05, 3.63) is 59.7 Å². The van der Waals surface area contributed by atoms with Crippen molar-refractivity contribution in [3.8, 4) is 23.0 Å². The number of nitrogens with one attached hydrogen (secondary N) is 1. The lowest BCUT2D eigenvalue weighted by atomic mass is 9.74. The van der Waals surface area contributed by atoms with Crippen LogP contribution in [0.2, 0.25) is 0 Å². The third kappa shape index (κ3) is 3.84. The highest BCUT2D eigenvalue weighted by atomic mass is 16.7. The van der Waals surface area contributed by atoms with Gasteiger partial charge in [-0.25, -0.2) is 9.97 Å². The number of aryl methyl sites for hydroxylation is 1. The van der Waals surface area contributed by atoms with Crippen molar-refractivity contribution in [1.82, 2.24) is 20.2 Å². The van der Waals surface area contributed by atoms with E-state index < -0.39 is 0 Å². The van der Waals surface area contributed by atoms with Gasteiger partial charge in [0.1, 0.15) is 11.5 Å². The molecule has 1 aromatic carbocycles. The standard InChI is InChI=1S/C25H26N4O4/c1-15-27-20(11-21(28-15)22-3-2-8-31-22)19-13-29-7-6-16(19)9-18(29)12-26-25(30)17-4-5-23-24(10-17)33-14-32-23/h2-5,8,10-11,16,18-19H,6-7,9,12-14H2,1H3,(H,26,30)/t16-,18+,19-/m0/s1. The van der Waals surface area contributed by atoms with Gasteiger partial charge in [-0.2, -0.15) is 0 Å². The molecule has 4 atom stereocenters. The van der Waals surface area contributed by atoms with Gasteiger partial charge in [-0.3, -0.25) is 9.69 Å². The minimum atomic E-state index is -0.0815. The third-order valence-electron chi connectivity index (χ3n) is 7.02. The van der Waals surface area contributed by atoms with Crippen molar-refractivity contribution >= 4 is 5.91 Å². The van der Waals surface area contributed by atoms with Crippen LogP contribution in [-0.4, -0.2) is 53.2 Å². The maximum absolute atomic E-state index is 12.7. The first-order valence-corrected chi connectivity index (χ1v) is 11.5. The number of hydrogen-bond donors (Lipinski definition) is 1. The predicted molar refractivity (Wildman–Crippen MR) is 120 cm³/mol. The van der Waals surface area contributed by atoms with Crippen molar-refractivity contribution in [3.63, 3.8) is 0 Å². The number of rotatable bonds is 5. The fourth-order valence-corrected chi connectivity index (χ4v) is 5.37. The summed E-state index contributed by atoms with van der Waals surface area (Å²) in [7, 11) is 0. The van der Waals surface area contributed by atoms with Crippen LogP contribution in [0.15, 0.2) is 47.1 Å². The van der Waals surface area contributed by atoms with Gasteiger partial charge >= 0.3 is 0 Å². The van der Waals surface area contributed by atoms with E-state index in [4.69, 9.17) is 18.9 Å². The Morgan fingerprint density at radius 2 is 2.09 bits per heavy atom. The van der Waals surface area contributed by atoms with Crippen LogP contribution in [0.25, 0.3) is 11.5 Å². The third-order valence-corrected chi connectivity index (χ3v) is 7.02. The molecule has 3 aromatic rings. The molecule has 8 nitrogen and oxygen atoms in total. The molecule has 4 aliphatic rings. The molecule has 0 aliphatic carbocycles. The summed E-state index contributed by atoms with van der Waals surface area (Å²) in [5, 5.41) is 3.12. The molecule has 8 heteroatoms. The van der Waals surface area contributed by atoms with E-state index >= 15 is 0 Å². The van der Waals surface area contributed by atoms with E-state index in [-0.39, 0.29) is 12.7 Å². The first-order valence-electron chi connectivity index (χ1n) is 11.5. The van der Waals surface area contributed by atoms with E-state index in [1.165, 1.54) is 0 Å². The first kappa shape index (κ1) is 20.2. The second kappa shape index (κ2) is 8.19. The zero-order valence-electron chi connectivity index (χ0n) is 18.5. The molecule has 0 saturated carbocycles. The summed E-state index contributed by atoms with van der Waals surface area (Å²) in [6.07, 6.45) is 3.87. The van der Waals surface area contributed by atoms with Gasteiger partial charge < -0.3 is 19.2 Å². The molecule has 2 bridgehead atoms. The lowest BCUT2D eigenvalue weighted by Crippen LogP contribution is -2.56. The molecule has 1 amide bonds. The van der Waals surface area contributed by atoms with E-state index in [9.17, 15) is 4.79 Å². The molecule has 33 heavy (non-hydrogen) atoms. The van der Waals surface area contributed by atoms with Crippen LogP contribution in [0, 0.1) is 12.8 Å². The van der Waals surface area contributed by atoms with Gasteiger partial charge in [-0.1, -0.05) is 0 Å². The Hall–Kier alpha value is -3.39. The molecule has 7 rings (SSSR count). The lowest BCUT2D eigenvalue weighted by Gasteiger charge is -2.49. The van der Waals surface area contributed by atoms with Crippen LogP contribution in [0.5, 0.6) is 11.5 Å². The Labute approximate surface area is 191 Å². The zero-order chi connectivity index (χ0) is 22.4. The molecule has 3 fully saturated rings. The van der Waals surface area contributed by atoms with E-state index in [0.717, 1.165) is 48.9 Å². The topological polar surface area (TPSA) is 89.7 Å². The van der Waals surface area contributed by atoms with Gasteiger partial charge in [-0.05, 0) is 68.6 Å². The summed E-state index contributed by atoms with van der Waals surface area (Å²) in [6.45, 7) is 4.78. The van der Waals surface area contributed by atoms with Gasteiger partial charge in [0.25, 0.3) is 5.91 Å². The number of hydrogen-bond acceptors (Lipinski definition) is 7. The normalized spacial score (nSPS) is 25.2. The minimum absolute atomic E-state index is 0.0815. The van der Waals surface area contributed by atoms with E-state index in [2.05, 4.69) is 21.3 Å². The highest BCUT2D eigenvalue weighted by Crippen LogP contribution is 2.41. The fraction of sp³-hybridized carbons (Fsp3) is 0.400. The smallest absolute Gasteiger partial charge is 0.251 e. The number of aromatic nitrogens is 2. The average molecular weight is 447 g/mol. The Kier molecular flexibility index (Phi) is 5.02. The molecule has 1 unspecified atom stereocenters. The molecule has 6 heterocycles. The number of furan rings is 1. The molecule has 2 aromatic heterocycles. The maximum Gasteiger partial charge on any atom is 0.251 e. The van der Waals surface area contributed by atoms with Gasteiger partial charge in [-0.15, -0.1) is 0 Å². The van der Waals surface area contributed by atoms with E-state index in [1.807, 2.05) is 19.1 Å². The van der Waals surface area contributed by atoms with Crippen LogP contribution in [0.1, 0.15) is 40.6 Å². The number of piperidine rings is 3. The van der Waals surface area contributed by atoms with Crippen molar-refractivity contribution < 1.29 is 18.7 Å². The van der Waals surface area contributed by atoms with Crippen LogP contribution < -0.4 is 14.8 Å². The first-order chi connectivity index (χ1) is 16.1. The molecule has 1 N–H and O–H groups in total. The average Bonchev–Trinajstić information content (AvgIpc) is 3.54. The summed E-state index contributed by atoms with van der Waals surface area (Å²) in [4.78, 5) is 24.6. The number of amides is 1. The predicted octanol–water partition coefficient (Wildman–Crippen LogP) is 3.38. The Balaban J connectivity index is 1.12. The molecule has 4 aliphatic heterocycles. The minimum Gasteiger partial charge on any atom is -0.463 e. The zero-order valence-corrected chi connectivity index (χ0v) is 18.5. The summed E-state index contributed by atoms with van der Waals surface area (Å²) in [5.41, 5.74) is 2.52. The van der Waals surface area contributed by atoms with Gasteiger partial charge in [0.2, 0.25) is 6.79 Å². The van der Waals surface area contributed by atoms with E-state index in [0.29, 0.717) is 41.5 Å². The van der Waals surface area contributed by atoms with Crippen LogP contribution in [0.3, 0.4) is 0 Å². The summed E-state index contributed by atoms with van der Waals surface area (Å²) < 4.78 is 16.3. The summed E-state index contributed by atoms with van der Waals surface area (Å²) in [6, 6.07) is 11.5. The van der Waals surface area contributed by atoms with Crippen molar-refractivity contribution in [2.24, 2.45) is 5.92 Å². The Morgan fingerprint density at radius 1 is 1.18 bits per heavy atom. The molecular weight excluding hydrogens is 420 g/mol. The van der Waals surface area contributed by atoms with Gasteiger partial charge in [0.15, 0.2) is 17.3 Å². The van der Waals surface area contributed by atoms with Gasteiger partial charge in [0, 0.05) is 36.3 Å². The number of nitrogens with zero attached hydrogens (tertiary/aromatic N) is 3. The highest BCUT2D eigenvalue weighted by molar-refractivity contribution is 5.94. The molecule has 0 spiro atoms. The molecule has 3 saturated heterocycles. The van der Waals surface area contributed by atoms with Crippen LogP contribution in [-0.2, 0) is 0 Å². The number of carbonyl (C=O) groups is 1. The van der Waals surface area contributed by atoms with Crippen molar-refractivity contribution in [2.75, 3.05) is 26.4 Å². The SMILES string of the molecule is Cc1nc(-c2ccco2)cc([C@H]2CN3CC[C@H]2C[C@@H]3CNC(=O)c2ccc3c(c2)OCO3)n1. The van der Waals surface area contributed by atoms with Crippen molar-refractivity contribution in [2.45, 2.75) is 31.7 Å². The number of carbonyl (C=O) groups excluding carboxylic acids is 1. The number of fused-ring (bicyclic) bond motifs is 4.